The molecular weight excluding hydrogens is 432 g/mol. The molecule has 5 rings (SSSR count). The first kappa shape index (κ1) is 21.5. The zero-order chi connectivity index (χ0) is 23.7. The molecule has 0 amide bonds. The van der Waals surface area contributed by atoms with Crippen LogP contribution in [0.25, 0.3) is 6.08 Å². The van der Waals surface area contributed by atoms with Crippen LogP contribution in [0.4, 0.5) is 17.1 Å². The van der Waals surface area contributed by atoms with Crippen LogP contribution in [0.5, 0.6) is 0 Å². The maximum Gasteiger partial charge on any atom is 0.269 e. The van der Waals surface area contributed by atoms with Gasteiger partial charge < -0.3 is 0 Å². The van der Waals surface area contributed by atoms with E-state index < -0.39 is 4.92 Å². The molecule has 1 heterocycles. The summed E-state index contributed by atoms with van der Waals surface area (Å²) in [5.74, 6) is 0.139. The number of benzene rings is 3. The number of nitrogens with zero attached hydrogens (tertiary/aromatic N) is 4. The van der Waals surface area contributed by atoms with Crippen LogP contribution in [0.2, 0.25) is 0 Å². The normalized spacial score (nSPS) is 20.6. The van der Waals surface area contributed by atoms with Gasteiger partial charge in [0.15, 0.2) is 0 Å². The summed E-state index contributed by atoms with van der Waals surface area (Å²) in [5.41, 5.74) is 5.10. The molecule has 2 atom stereocenters. The summed E-state index contributed by atoms with van der Waals surface area (Å²) in [6.45, 7) is 0. The molecule has 0 saturated heterocycles. The van der Waals surface area contributed by atoms with E-state index in [9.17, 15) is 20.2 Å². The number of hydrazone groups is 1. The molecule has 3 aromatic rings. The van der Waals surface area contributed by atoms with Crippen LogP contribution in [-0.2, 0) is 0 Å². The third kappa shape index (κ3) is 4.05. The average molecular weight is 454 g/mol. The Labute approximate surface area is 196 Å². The second kappa shape index (κ2) is 8.90. The lowest BCUT2D eigenvalue weighted by atomic mass is 9.77. The predicted molar refractivity (Wildman–Crippen MR) is 131 cm³/mol. The zero-order valence-corrected chi connectivity index (χ0v) is 18.3. The fraction of sp³-hybridized carbons (Fsp3) is 0.192. The van der Waals surface area contributed by atoms with Gasteiger partial charge in [0.1, 0.15) is 0 Å². The molecule has 1 saturated carbocycles. The Hall–Kier alpha value is -4.33. The van der Waals surface area contributed by atoms with Crippen LogP contribution in [-0.4, -0.2) is 15.6 Å². The SMILES string of the molecule is O=[N+]([O-])c1ccc(/C=C2/CCC[C@H]3C2=NN(c2ccccc2)[C@H]3c2ccc([N+](=O)[O-])cc2)cc1. The lowest BCUT2D eigenvalue weighted by molar-refractivity contribution is -0.385. The molecule has 8 nitrogen and oxygen atoms in total. The first-order valence-corrected chi connectivity index (χ1v) is 11.1. The highest BCUT2D eigenvalue weighted by molar-refractivity contribution is 6.08. The van der Waals surface area contributed by atoms with Crippen LogP contribution in [0, 0.1) is 26.1 Å². The standard InChI is InChI=1S/C26H22N4O4/c31-29(32)22-13-9-18(10-14-22)17-20-5-4-8-24-25(20)27-28(21-6-2-1-3-7-21)26(24)19-11-15-23(16-12-19)30(33)34/h1-3,6-7,9-17,24,26H,4-5,8H2/b20-17-/t24-,26-/m0/s1. The summed E-state index contributed by atoms with van der Waals surface area (Å²) in [7, 11) is 0. The van der Waals surface area contributed by atoms with Gasteiger partial charge in [0.2, 0.25) is 0 Å². The molecular formula is C26H22N4O4. The van der Waals surface area contributed by atoms with E-state index in [4.69, 9.17) is 5.10 Å². The van der Waals surface area contributed by atoms with Gasteiger partial charge in [-0.05, 0) is 66.3 Å². The lowest BCUT2D eigenvalue weighted by Crippen LogP contribution is -2.28. The lowest BCUT2D eigenvalue weighted by Gasteiger charge is -2.30. The van der Waals surface area contributed by atoms with Gasteiger partial charge in [0, 0.05) is 30.2 Å². The van der Waals surface area contributed by atoms with Crippen molar-refractivity contribution in [3.63, 3.8) is 0 Å². The van der Waals surface area contributed by atoms with Crippen molar-refractivity contribution in [3.05, 3.63) is 116 Å². The molecule has 1 aliphatic carbocycles. The minimum atomic E-state index is -0.402. The Morgan fingerprint density at radius 1 is 0.853 bits per heavy atom. The molecule has 1 fully saturated rings. The van der Waals surface area contributed by atoms with Crippen molar-refractivity contribution < 1.29 is 9.85 Å². The molecule has 0 aromatic heterocycles. The fourth-order valence-electron chi connectivity index (χ4n) is 4.82. The molecule has 2 aliphatic rings. The minimum Gasteiger partial charge on any atom is -0.258 e. The average Bonchev–Trinajstić information content (AvgIpc) is 3.26. The Bertz CT molecular complexity index is 1280. The van der Waals surface area contributed by atoms with Crippen molar-refractivity contribution in [1.82, 2.24) is 0 Å². The zero-order valence-electron chi connectivity index (χ0n) is 18.3. The van der Waals surface area contributed by atoms with Crippen molar-refractivity contribution in [1.29, 1.82) is 0 Å². The van der Waals surface area contributed by atoms with E-state index in [1.165, 1.54) is 12.1 Å². The number of hydrogen-bond donors (Lipinski definition) is 0. The molecule has 0 N–H and O–H groups in total. The number of non-ortho nitro benzene ring substituents is 2. The number of nitro groups is 2. The van der Waals surface area contributed by atoms with E-state index in [0.717, 1.165) is 47.4 Å². The summed E-state index contributed by atoms with van der Waals surface area (Å²) in [4.78, 5) is 21.3. The molecule has 0 radical (unpaired) electrons. The maximum absolute atomic E-state index is 11.1. The largest absolute Gasteiger partial charge is 0.269 e. The number of rotatable bonds is 5. The van der Waals surface area contributed by atoms with Crippen LogP contribution in [0.1, 0.15) is 36.4 Å². The van der Waals surface area contributed by atoms with Crippen LogP contribution >= 0.6 is 0 Å². The summed E-state index contributed by atoms with van der Waals surface area (Å²) in [6, 6.07) is 23.1. The monoisotopic (exact) mass is 454 g/mol. The van der Waals surface area contributed by atoms with Gasteiger partial charge in [0.05, 0.1) is 27.3 Å². The first-order chi connectivity index (χ1) is 16.5. The first-order valence-electron chi connectivity index (χ1n) is 11.1. The van der Waals surface area contributed by atoms with E-state index in [-0.39, 0.29) is 28.3 Å². The van der Waals surface area contributed by atoms with Crippen molar-refractivity contribution in [2.24, 2.45) is 11.0 Å². The topological polar surface area (TPSA) is 102 Å². The molecule has 0 unspecified atom stereocenters. The highest BCUT2D eigenvalue weighted by Gasteiger charge is 2.41. The van der Waals surface area contributed by atoms with Crippen molar-refractivity contribution >= 4 is 28.8 Å². The van der Waals surface area contributed by atoms with Gasteiger partial charge in [-0.2, -0.15) is 5.10 Å². The molecule has 170 valence electrons. The second-order valence-corrected chi connectivity index (χ2v) is 8.48. The van der Waals surface area contributed by atoms with Gasteiger partial charge in [-0.15, -0.1) is 0 Å². The van der Waals surface area contributed by atoms with Gasteiger partial charge >= 0.3 is 0 Å². The Kier molecular flexibility index (Phi) is 5.63. The summed E-state index contributed by atoms with van der Waals surface area (Å²) >= 11 is 0. The summed E-state index contributed by atoms with van der Waals surface area (Å²) < 4.78 is 0. The number of para-hydroxylation sites is 1. The maximum atomic E-state index is 11.1. The van der Waals surface area contributed by atoms with Crippen molar-refractivity contribution in [3.8, 4) is 0 Å². The highest BCUT2D eigenvalue weighted by Crippen LogP contribution is 2.46. The summed E-state index contributed by atoms with van der Waals surface area (Å²) in [6.07, 6.45) is 4.90. The Morgan fingerprint density at radius 2 is 1.47 bits per heavy atom. The molecule has 1 aliphatic heterocycles. The van der Waals surface area contributed by atoms with E-state index in [0.29, 0.717) is 0 Å². The molecule has 3 aromatic carbocycles. The number of allylic oxidation sites excluding steroid dienone is 1. The van der Waals surface area contributed by atoms with Crippen LogP contribution < -0.4 is 5.01 Å². The Balaban J connectivity index is 1.54. The quantitative estimate of drug-likeness (QED) is 0.332. The predicted octanol–water partition coefficient (Wildman–Crippen LogP) is 6.30. The van der Waals surface area contributed by atoms with E-state index in [1.54, 1.807) is 24.3 Å². The van der Waals surface area contributed by atoms with Crippen LogP contribution in [0.3, 0.4) is 0 Å². The second-order valence-electron chi connectivity index (χ2n) is 8.48. The molecule has 0 bridgehead atoms. The number of fused-ring (bicyclic) bond motifs is 1. The molecule has 0 spiro atoms. The number of anilines is 1. The van der Waals surface area contributed by atoms with Gasteiger partial charge in [-0.25, -0.2) is 0 Å². The number of hydrogen-bond acceptors (Lipinski definition) is 6. The smallest absolute Gasteiger partial charge is 0.258 e. The van der Waals surface area contributed by atoms with Gasteiger partial charge in [-0.3, -0.25) is 25.2 Å². The van der Waals surface area contributed by atoms with Crippen molar-refractivity contribution in [2.45, 2.75) is 25.3 Å². The van der Waals surface area contributed by atoms with Gasteiger partial charge in [0.25, 0.3) is 11.4 Å². The Morgan fingerprint density at radius 3 is 2.09 bits per heavy atom. The van der Waals surface area contributed by atoms with E-state index >= 15 is 0 Å². The number of nitro benzene ring substituents is 2. The van der Waals surface area contributed by atoms with Crippen molar-refractivity contribution in [2.75, 3.05) is 5.01 Å². The minimum absolute atomic E-state index is 0.0652. The van der Waals surface area contributed by atoms with E-state index in [1.807, 2.05) is 47.5 Å². The van der Waals surface area contributed by atoms with Crippen LogP contribution in [0.15, 0.2) is 89.5 Å². The summed E-state index contributed by atoms with van der Waals surface area (Å²) in [5, 5.41) is 29.2. The fourth-order valence-corrected chi connectivity index (χ4v) is 4.82. The third-order valence-corrected chi connectivity index (χ3v) is 6.41. The molecule has 34 heavy (non-hydrogen) atoms. The van der Waals surface area contributed by atoms with E-state index in [2.05, 4.69) is 6.08 Å². The third-order valence-electron chi connectivity index (χ3n) is 6.41. The highest BCUT2D eigenvalue weighted by atomic mass is 16.6. The molecule has 8 heteroatoms. The van der Waals surface area contributed by atoms with Gasteiger partial charge in [-0.1, -0.05) is 30.3 Å².